The lowest BCUT2D eigenvalue weighted by molar-refractivity contribution is 0.00179. The van der Waals surface area contributed by atoms with Crippen molar-refractivity contribution in [2.24, 2.45) is 10.8 Å². The van der Waals surface area contributed by atoms with E-state index >= 15 is 0 Å². The number of rotatable bonds is 13. The molecule has 0 aromatic heterocycles. The fraction of sp³-hybridized carbons (Fsp3) is 0.579. The Bertz CT molecular complexity index is 599. The van der Waals surface area contributed by atoms with E-state index in [1.54, 1.807) is 7.05 Å². The van der Waals surface area contributed by atoms with E-state index in [0.29, 0.717) is 5.69 Å². The van der Waals surface area contributed by atoms with Gasteiger partial charge in [0.2, 0.25) is 0 Å². The minimum Gasteiger partial charge on any atom is -0.396 e. The highest BCUT2D eigenvalue weighted by atomic mass is 16.3. The van der Waals surface area contributed by atoms with Crippen LogP contribution in [-0.4, -0.2) is 88.9 Å². The Labute approximate surface area is 163 Å². The second kappa shape index (κ2) is 10.6. The number of Topliss-reactive ketones (excluding diaryl/α,β-unsaturated/α-hetero) is 2. The van der Waals surface area contributed by atoms with Crippen molar-refractivity contribution in [1.82, 2.24) is 0 Å². The van der Waals surface area contributed by atoms with Crippen LogP contribution in [-0.2, 0) is 0 Å². The number of aliphatic hydroxyl groups excluding tert-OH is 6. The SMILES string of the molecule is CNc1cc(C(=O)CC(CO)(CO)CO)cc(C(=O)CC(CO)(CO)CO)c1. The van der Waals surface area contributed by atoms with Crippen LogP contribution in [0.4, 0.5) is 5.69 Å². The van der Waals surface area contributed by atoms with Crippen LogP contribution in [0.25, 0.3) is 0 Å². The molecule has 0 spiro atoms. The monoisotopic (exact) mass is 399 g/mol. The lowest BCUT2D eigenvalue weighted by Crippen LogP contribution is -2.36. The summed E-state index contributed by atoms with van der Waals surface area (Å²) in [5.41, 5.74) is -2.03. The lowest BCUT2D eigenvalue weighted by Gasteiger charge is -2.27. The van der Waals surface area contributed by atoms with Gasteiger partial charge in [0.1, 0.15) is 0 Å². The second-order valence-electron chi connectivity index (χ2n) is 7.20. The third-order valence-corrected chi connectivity index (χ3v) is 4.95. The van der Waals surface area contributed by atoms with Crippen molar-refractivity contribution < 1.29 is 40.2 Å². The molecule has 28 heavy (non-hydrogen) atoms. The van der Waals surface area contributed by atoms with Gasteiger partial charge in [0.15, 0.2) is 11.6 Å². The van der Waals surface area contributed by atoms with Crippen LogP contribution in [0.2, 0.25) is 0 Å². The largest absolute Gasteiger partial charge is 0.396 e. The Hall–Kier alpha value is -1.88. The third kappa shape index (κ3) is 5.57. The van der Waals surface area contributed by atoms with Crippen molar-refractivity contribution >= 4 is 17.3 Å². The number of aliphatic hydroxyl groups is 6. The summed E-state index contributed by atoms with van der Waals surface area (Å²) in [6.45, 7) is -3.53. The molecule has 0 bridgehead atoms. The maximum Gasteiger partial charge on any atom is 0.163 e. The number of anilines is 1. The number of hydrogen-bond donors (Lipinski definition) is 7. The molecule has 0 radical (unpaired) electrons. The number of benzene rings is 1. The van der Waals surface area contributed by atoms with Gasteiger partial charge < -0.3 is 36.0 Å². The molecule has 0 fully saturated rings. The van der Waals surface area contributed by atoms with Gasteiger partial charge in [-0.2, -0.15) is 0 Å². The van der Waals surface area contributed by atoms with E-state index in [-0.39, 0.29) is 24.0 Å². The van der Waals surface area contributed by atoms with Crippen molar-refractivity contribution in [1.29, 1.82) is 0 Å². The normalized spacial score (nSPS) is 12.1. The molecule has 158 valence electrons. The number of carbonyl (C=O) groups is 2. The smallest absolute Gasteiger partial charge is 0.163 e. The van der Waals surface area contributed by atoms with E-state index in [9.17, 15) is 40.2 Å². The standard InChI is InChI=1S/C19H29NO8/c1-20-15-3-13(16(27)5-18(7-21,8-22)9-23)2-14(4-15)17(28)6-19(10-24,11-25)12-26/h2-4,20-26H,5-12H2,1H3. The third-order valence-electron chi connectivity index (χ3n) is 4.95. The molecule has 0 aliphatic rings. The maximum absolute atomic E-state index is 12.6. The summed E-state index contributed by atoms with van der Waals surface area (Å²) in [4.78, 5) is 25.3. The highest BCUT2D eigenvalue weighted by molar-refractivity contribution is 6.03. The van der Waals surface area contributed by atoms with Gasteiger partial charge in [-0.25, -0.2) is 0 Å². The van der Waals surface area contributed by atoms with Gasteiger partial charge in [0, 0.05) is 47.5 Å². The summed E-state index contributed by atoms with van der Waals surface area (Å²) in [6.07, 6.45) is -0.656. The van der Waals surface area contributed by atoms with E-state index in [1.807, 2.05) is 0 Å². The van der Waals surface area contributed by atoms with Gasteiger partial charge in [-0.1, -0.05) is 0 Å². The van der Waals surface area contributed by atoms with Crippen LogP contribution in [0.1, 0.15) is 33.6 Å². The van der Waals surface area contributed by atoms with Gasteiger partial charge in [-0.05, 0) is 18.2 Å². The number of ketones is 2. The zero-order chi connectivity index (χ0) is 21.4. The van der Waals surface area contributed by atoms with E-state index in [4.69, 9.17) is 0 Å². The van der Waals surface area contributed by atoms with Gasteiger partial charge in [-0.15, -0.1) is 0 Å². The average Bonchev–Trinajstić information content (AvgIpc) is 2.75. The van der Waals surface area contributed by atoms with E-state index in [2.05, 4.69) is 5.32 Å². The van der Waals surface area contributed by atoms with E-state index in [0.717, 1.165) is 0 Å². The molecule has 1 aromatic carbocycles. The Balaban J connectivity index is 3.21. The number of carbonyl (C=O) groups excluding carboxylic acids is 2. The summed E-state index contributed by atoms with van der Waals surface area (Å²) < 4.78 is 0. The maximum atomic E-state index is 12.6. The summed E-state index contributed by atoms with van der Waals surface area (Å²) in [5, 5.41) is 59.3. The first-order valence-electron chi connectivity index (χ1n) is 8.82. The molecule has 0 saturated heterocycles. The van der Waals surface area contributed by atoms with Crippen molar-refractivity contribution in [3.8, 4) is 0 Å². The fourth-order valence-electron chi connectivity index (χ4n) is 2.61. The highest BCUT2D eigenvalue weighted by Gasteiger charge is 2.33. The predicted molar refractivity (Wildman–Crippen MR) is 101 cm³/mol. The molecule has 9 heteroatoms. The molecule has 0 unspecified atom stereocenters. The average molecular weight is 399 g/mol. The van der Waals surface area contributed by atoms with Crippen molar-refractivity contribution in [3.63, 3.8) is 0 Å². The van der Waals surface area contributed by atoms with Crippen LogP contribution in [0.15, 0.2) is 18.2 Å². The summed E-state index contributed by atoms with van der Waals surface area (Å²) in [5.74, 6) is -0.970. The molecule has 0 heterocycles. The summed E-state index contributed by atoms with van der Waals surface area (Å²) in [6, 6.07) is 4.32. The molecule has 0 aliphatic heterocycles. The Morgan fingerprint density at radius 1 is 0.714 bits per heavy atom. The molecule has 0 saturated carbocycles. The summed E-state index contributed by atoms with van der Waals surface area (Å²) >= 11 is 0. The molecule has 0 atom stereocenters. The van der Waals surface area contributed by atoms with Crippen LogP contribution >= 0.6 is 0 Å². The van der Waals surface area contributed by atoms with Crippen molar-refractivity contribution in [3.05, 3.63) is 29.3 Å². The molecule has 1 rings (SSSR count). The van der Waals surface area contributed by atoms with E-state index < -0.39 is 62.0 Å². The topological polar surface area (TPSA) is 168 Å². The van der Waals surface area contributed by atoms with Crippen molar-refractivity contribution in [2.45, 2.75) is 12.8 Å². The predicted octanol–water partition coefficient (Wildman–Crippen LogP) is -1.20. The first kappa shape index (κ1) is 24.2. The van der Waals surface area contributed by atoms with E-state index in [1.165, 1.54) is 18.2 Å². The summed E-state index contributed by atoms with van der Waals surface area (Å²) in [7, 11) is 1.59. The Morgan fingerprint density at radius 2 is 1.04 bits per heavy atom. The van der Waals surface area contributed by atoms with Crippen LogP contribution in [0, 0.1) is 10.8 Å². The van der Waals surface area contributed by atoms with Gasteiger partial charge in [-0.3, -0.25) is 9.59 Å². The molecule has 0 aliphatic carbocycles. The van der Waals surface area contributed by atoms with Crippen LogP contribution in [0.3, 0.4) is 0 Å². The zero-order valence-electron chi connectivity index (χ0n) is 15.9. The van der Waals surface area contributed by atoms with Gasteiger partial charge in [0.05, 0.1) is 39.6 Å². The highest BCUT2D eigenvalue weighted by Crippen LogP contribution is 2.27. The molecule has 0 amide bonds. The van der Waals surface area contributed by atoms with Gasteiger partial charge >= 0.3 is 0 Å². The molecule has 7 N–H and O–H groups in total. The minimum absolute atomic E-state index is 0.137. The second-order valence-corrected chi connectivity index (χ2v) is 7.20. The lowest BCUT2D eigenvalue weighted by atomic mass is 9.82. The Morgan fingerprint density at radius 3 is 1.29 bits per heavy atom. The molecular weight excluding hydrogens is 370 g/mol. The minimum atomic E-state index is -1.38. The quantitative estimate of drug-likeness (QED) is 0.202. The van der Waals surface area contributed by atoms with Gasteiger partial charge in [0.25, 0.3) is 0 Å². The molecule has 1 aromatic rings. The number of nitrogens with one attached hydrogen (secondary N) is 1. The first-order valence-corrected chi connectivity index (χ1v) is 8.82. The first-order chi connectivity index (χ1) is 13.3. The fourth-order valence-corrected chi connectivity index (χ4v) is 2.61. The zero-order valence-corrected chi connectivity index (χ0v) is 15.9. The van der Waals surface area contributed by atoms with Crippen LogP contribution in [0.5, 0.6) is 0 Å². The number of hydrogen-bond acceptors (Lipinski definition) is 9. The Kier molecular flexibility index (Phi) is 9.15. The van der Waals surface area contributed by atoms with Crippen molar-refractivity contribution in [2.75, 3.05) is 52.0 Å². The molecular formula is C19H29NO8. The van der Waals surface area contributed by atoms with Crippen LogP contribution < -0.4 is 5.32 Å². The molecule has 9 nitrogen and oxygen atoms in total.